The van der Waals surface area contributed by atoms with Crippen molar-refractivity contribution in [1.29, 1.82) is 0 Å². The zero-order valence-electron chi connectivity index (χ0n) is 21.1. The first kappa shape index (κ1) is 25.9. The maximum absolute atomic E-state index is 15.1. The third-order valence-corrected chi connectivity index (χ3v) is 8.10. The second kappa shape index (κ2) is 12.2. The Morgan fingerprint density at radius 2 is 1.29 bits per heavy atom. The SMILES string of the molecule is CCCC1CCC(c2ccc(C3CCC(COc4ccc(OCC)cc4F)CC3)c(F)c2F)CC1. The van der Waals surface area contributed by atoms with Crippen molar-refractivity contribution in [3.63, 3.8) is 0 Å². The summed E-state index contributed by atoms with van der Waals surface area (Å²) in [5, 5.41) is 0. The molecule has 0 amide bonds. The predicted octanol–water partition coefficient (Wildman–Crippen LogP) is 8.93. The highest BCUT2D eigenvalue weighted by Crippen LogP contribution is 2.42. The van der Waals surface area contributed by atoms with Crippen molar-refractivity contribution in [1.82, 2.24) is 0 Å². The minimum Gasteiger partial charge on any atom is -0.494 e. The number of benzene rings is 2. The molecule has 2 aromatic rings. The fourth-order valence-electron chi connectivity index (χ4n) is 6.08. The van der Waals surface area contributed by atoms with Gasteiger partial charge in [-0.15, -0.1) is 0 Å². The molecule has 0 heterocycles. The average Bonchev–Trinajstić information content (AvgIpc) is 2.87. The second-order valence-electron chi connectivity index (χ2n) is 10.4. The Kier molecular flexibility index (Phi) is 9.02. The molecule has 0 N–H and O–H groups in total. The summed E-state index contributed by atoms with van der Waals surface area (Å²) in [6.07, 6.45) is 9.88. The van der Waals surface area contributed by atoms with Crippen LogP contribution in [0.4, 0.5) is 13.2 Å². The summed E-state index contributed by atoms with van der Waals surface area (Å²) < 4.78 is 55.5. The largest absolute Gasteiger partial charge is 0.494 e. The summed E-state index contributed by atoms with van der Waals surface area (Å²) in [5.41, 5.74) is 1.09. The van der Waals surface area contributed by atoms with Crippen LogP contribution in [0.3, 0.4) is 0 Å². The van der Waals surface area contributed by atoms with E-state index in [4.69, 9.17) is 9.47 Å². The van der Waals surface area contributed by atoms with Gasteiger partial charge in [-0.05, 0) is 105 Å². The second-order valence-corrected chi connectivity index (χ2v) is 10.4. The molecule has 5 heteroatoms. The van der Waals surface area contributed by atoms with Crippen LogP contribution in [0, 0.1) is 29.3 Å². The first-order chi connectivity index (χ1) is 17.0. The van der Waals surface area contributed by atoms with Crippen LogP contribution in [0.5, 0.6) is 11.5 Å². The molecule has 35 heavy (non-hydrogen) atoms. The molecule has 0 spiro atoms. The molecule has 0 unspecified atom stereocenters. The van der Waals surface area contributed by atoms with E-state index in [-0.39, 0.29) is 23.5 Å². The molecule has 192 valence electrons. The quantitative estimate of drug-likeness (QED) is 0.351. The molecule has 2 saturated carbocycles. The summed E-state index contributed by atoms with van der Waals surface area (Å²) in [5.74, 6) is 0.203. The van der Waals surface area contributed by atoms with Gasteiger partial charge < -0.3 is 9.47 Å². The Balaban J connectivity index is 1.30. The van der Waals surface area contributed by atoms with E-state index in [1.165, 1.54) is 18.9 Å². The van der Waals surface area contributed by atoms with Gasteiger partial charge in [-0.3, -0.25) is 0 Å². The van der Waals surface area contributed by atoms with Crippen molar-refractivity contribution in [2.45, 2.75) is 89.9 Å². The highest BCUT2D eigenvalue weighted by atomic mass is 19.2. The molecule has 0 atom stereocenters. The number of ether oxygens (including phenoxy) is 2. The van der Waals surface area contributed by atoms with Crippen molar-refractivity contribution in [3.05, 3.63) is 58.9 Å². The summed E-state index contributed by atoms with van der Waals surface area (Å²) in [6, 6.07) is 8.33. The van der Waals surface area contributed by atoms with E-state index in [0.717, 1.165) is 57.3 Å². The minimum absolute atomic E-state index is 0.0253. The zero-order valence-corrected chi connectivity index (χ0v) is 21.1. The number of rotatable bonds is 9. The van der Waals surface area contributed by atoms with E-state index in [1.807, 2.05) is 19.1 Å². The lowest BCUT2D eigenvalue weighted by Gasteiger charge is -2.31. The fraction of sp³-hybridized carbons (Fsp3) is 0.600. The average molecular weight is 489 g/mol. The molecular weight excluding hydrogens is 449 g/mol. The summed E-state index contributed by atoms with van der Waals surface area (Å²) in [6.45, 7) is 4.97. The lowest BCUT2D eigenvalue weighted by molar-refractivity contribution is 0.193. The molecule has 2 fully saturated rings. The van der Waals surface area contributed by atoms with Crippen molar-refractivity contribution in [2.24, 2.45) is 11.8 Å². The maximum atomic E-state index is 15.1. The summed E-state index contributed by atoms with van der Waals surface area (Å²) in [7, 11) is 0. The minimum atomic E-state index is -0.644. The Morgan fingerprint density at radius 3 is 1.80 bits per heavy atom. The number of halogens is 3. The van der Waals surface area contributed by atoms with E-state index in [1.54, 1.807) is 12.1 Å². The molecule has 0 saturated heterocycles. The first-order valence-corrected chi connectivity index (χ1v) is 13.5. The van der Waals surface area contributed by atoms with Crippen LogP contribution in [0.25, 0.3) is 0 Å². The Morgan fingerprint density at radius 1 is 0.714 bits per heavy atom. The molecule has 0 aromatic heterocycles. The van der Waals surface area contributed by atoms with Crippen LogP contribution >= 0.6 is 0 Å². The standard InChI is InChI=1S/C30H39F3O2/c1-3-5-20-6-10-22(11-7-20)25-15-16-26(30(33)29(25)32)23-12-8-21(9-13-23)19-35-28-17-14-24(34-4-2)18-27(28)31/h14-18,20-23H,3-13,19H2,1-2H3. The van der Waals surface area contributed by atoms with Gasteiger partial charge in [0.05, 0.1) is 13.2 Å². The van der Waals surface area contributed by atoms with Gasteiger partial charge in [0.2, 0.25) is 0 Å². The van der Waals surface area contributed by atoms with Gasteiger partial charge >= 0.3 is 0 Å². The van der Waals surface area contributed by atoms with Crippen LogP contribution in [0.2, 0.25) is 0 Å². The Bertz CT molecular complexity index is 960. The monoisotopic (exact) mass is 488 g/mol. The molecule has 2 nitrogen and oxygen atoms in total. The van der Waals surface area contributed by atoms with Crippen molar-refractivity contribution < 1.29 is 22.6 Å². The Labute approximate surface area is 208 Å². The summed E-state index contributed by atoms with van der Waals surface area (Å²) >= 11 is 0. The smallest absolute Gasteiger partial charge is 0.168 e. The highest BCUT2D eigenvalue weighted by molar-refractivity contribution is 5.33. The van der Waals surface area contributed by atoms with Gasteiger partial charge in [0.1, 0.15) is 5.75 Å². The van der Waals surface area contributed by atoms with Gasteiger partial charge in [-0.2, -0.15) is 0 Å². The van der Waals surface area contributed by atoms with Crippen LogP contribution in [-0.4, -0.2) is 13.2 Å². The van der Waals surface area contributed by atoms with Crippen LogP contribution < -0.4 is 9.47 Å². The third kappa shape index (κ3) is 6.34. The van der Waals surface area contributed by atoms with Crippen molar-refractivity contribution >= 4 is 0 Å². The molecule has 2 aliphatic rings. The van der Waals surface area contributed by atoms with Crippen LogP contribution in [-0.2, 0) is 0 Å². The van der Waals surface area contributed by atoms with Gasteiger partial charge in [0.15, 0.2) is 23.2 Å². The van der Waals surface area contributed by atoms with Crippen molar-refractivity contribution in [3.8, 4) is 11.5 Å². The lowest BCUT2D eigenvalue weighted by Crippen LogP contribution is -2.21. The fourth-order valence-corrected chi connectivity index (χ4v) is 6.08. The molecule has 0 aliphatic heterocycles. The summed E-state index contributed by atoms with van der Waals surface area (Å²) in [4.78, 5) is 0. The lowest BCUT2D eigenvalue weighted by atomic mass is 9.75. The van der Waals surface area contributed by atoms with E-state index in [9.17, 15) is 4.39 Å². The van der Waals surface area contributed by atoms with Gasteiger partial charge in [-0.25, -0.2) is 13.2 Å². The Hall–Kier alpha value is -2.17. The van der Waals surface area contributed by atoms with Gasteiger partial charge in [0.25, 0.3) is 0 Å². The first-order valence-electron chi connectivity index (χ1n) is 13.5. The normalized spacial score (nSPS) is 24.8. The van der Waals surface area contributed by atoms with E-state index >= 15 is 8.78 Å². The number of hydrogen-bond acceptors (Lipinski definition) is 2. The molecule has 0 radical (unpaired) electrons. The molecule has 0 bridgehead atoms. The number of hydrogen-bond donors (Lipinski definition) is 0. The van der Waals surface area contributed by atoms with Crippen molar-refractivity contribution in [2.75, 3.05) is 13.2 Å². The molecule has 4 rings (SSSR count). The van der Waals surface area contributed by atoms with Gasteiger partial charge in [0, 0.05) is 6.07 Å². The van der Waals surface area contributed by atoms with E-state index in [2.05, 4.69) is 6.92 Å². The zero-order chi connectivity index (χ0) is 24.8. The maximum Gasteiger partial charge on any atom is 0.168 e. The molecule has 2 aromatic carbocycles. The van der Waals surface area contributed by atoms with Crippen LogP contribution in [0.1, 0.15) is 101 Å². The molecular formula is C30H39F3O2. The van der Waals surface area contributed by atoms with Crippen LogP contribution in [0.15, 0.2) is 30.3 Å². The third-order valence-electron chi connectivity index (χ3n) is 8.10. The van der Waals surface area contributed by atoms with E-state index in [0.29, 0.717) is 30.1 Å². The topological polar surface area (TPSA) is 18.5 Å². The predicted molar refractivity (Wildman–Crippen MR) is 134 cm³/mol. The van der Waals surface area contributed by atoms with Gasteiger partial charge in [-0.1, -0.05) is 31.9 Å². The molecule has 2 aliphatic carbocycles. The van der Waals surface area contributed by atoms with E-state index < -0.39 is 17.5 Å². The highest BCUT2D eigenvalue weighted by Gasteiger charge is 2.29.